The molecule has 0 bridgehead atoms. The highest BCUT2D eigenvalue weighted by molar-refractivity contribution is 5.79. The van der Waals surface area contributed by atoms with Crippen LogP contribution in [0.5, 0.6) is 5.75 Å². The molecule has 6 nitrogen and oxygen atoms in total. The van der Waals surface area contributed by atoms with Gasteiger partial charge >= 0.3 is 6.18 Å². The van der Waals surface area contributed by atoms with E-state index in [-0.39, 0.29) is 5.75 Å². The number of morpholine rings is 1. The van der Waals surface area contributed by atoms with Crippen molar-refractivity contribution in [3.05, 3.63) is 59.7 Å². The molecule has 0 radical (unpaired) electrons. The Kier molecular flexibility index (Phi) is 8.00. The average Bonchev–Trinajstić information content (AvgIpc) is 2.79. The van der Waals surface area contributed by atoms with Crippen molar-refractivity contribution in [1.29, 1.82) is 0 Å². The van der Waals surface area contributed by atoms with Crippen LogP contribution in [-0.2, 0) is 17.8 Å². The maximum absolute atomic E-state index is 12.2. The number of rotatable bonds is 7. The molecule has 1 aliphatic heterocycles. The molecule has 0 unspecified atom stereocenters. The molecule has 2 aromatic carbocycles. The average molecular weight is 436 g/mol. The Morgan fingerprint density at radius 2 is 1.52 bits per heavy atom. The van der Waals surface area contributed by atoms with E-state index in [9.17, 15) is 13.2 Å². The van der Waals surface area contributed by atoms with E-state index >= 15 is 0 Å². The van der Waals surface area contributed by atoms with Crippen LogP contribution < -0.4 is 20.3 Å². The first-order valence-corrected chi connectivity index (χ1v) is 10.1. The minimum Gasteiger partial charge on any atom is -0.484 e. The summed E-state index contributed by atoms with van der Waals surface area (Å²) in [5, 5.41) is 6.45. The lowest BCUT2D eigenvalue weighted by atomic mass is 10.2. The van der Waals surface area contributed by atoms with Crippen molar-refractivity contribution in [3.8, 4) is 5.75 Å². The van der Waals surface area contributed by atoms with Crippen LogP contribution in [0, 0.1) is 0 Å². The van der Waals surface area contributed by atoms with Gasteiger partial charge in [-0.2, -0.15) is 13.2 Å². The second kappa shape index (κ2) is 10.9. The van der Waals surface area contributed by atoms with Crippen molar-refractivity contribution in [2.75, 3.05) is 44.9 Å². The van der Waals surface area contributed by atoms with Crippen molar-refractivity contribution in [1.82, 2.24) is 10.6 Å². The van der Waals surface area contributed by atoms with Crippen LogP contribution in [0.4, 0.5) is 18.9 Å². The van der Waals surface area contributed by atoms with E-state index in [1.807, 2.05) is 0 Å². The van der Waals surface area contributed by atoms with E-state index in [2.05, 4.69) is 44.8 Å². The van der Waals surface area contributed by atoms with Crippen LogP contribution in [0.25, 0.3) is 0 Å². The van der Waals surface area contributed by atoms with E-state index in [1.165, 1.54) is 17.8 Å². The van der Waals surface area contributed by atoms with Gasteiger partial charge in [0.15, 0.2) is 12.6 Å². The first-order valence-electron chi connectivity index (χ1n) is 10.1. The Hall–Kier alpha value is -2.94. The Balaban J connectivity index is 1.43. The quantitative estimate of drug-likeness (QED) is 0.515. The molecule has 0 amide bonds. The van der Waals surface area contributed by atoms with Gasteiger partial charge in [0.05, 0.1) is 13.2 Å². The Bertz CT molecular complexity index is 833. The van der Waals surface area contributed by atoms with Gasteiger partial charge in [-0.1, -0.05) is 24.3 Å². The van der Waals surface area contributed by atoms with E-state index in [0.717, 1.165) is 37.4 Å². The van der Waals surface area contributed by atoms with Crippen molar-refractivity contribution in [3.63, 3.8) is 0 Å². The zero-order valence-corrected chi connectivity index (χ0v) is 17.4. The maximum Gasteiger partial charge on any atom is 0.422 e. The van der Waals surface area contributed by atoms with E-state index in [1.54, 1.807) is 19.2 Å². The normalized spacial score (nSPS) is 15.0. The fraction of sp³-hybridized carbons (Fsp3) is 0.409. The minimum atomic E-state index is -4.35. The van der Waals surface area contributed by atoms with Gasteiger partial charge in [-0.15, -0.1) is 0 Å². The number of aliphatic imine (C=N–C) groups is 1. The van der Waals surface area contributed by atoms with Gasteiger partial charge in [0.1, 0.15) is 5.75 Å². The summed E-state index contributed by atoms with van der Waals surface area (Å²) in [5.41, 5.74) is 3.22. The van der Waals surface area contributed by atoms with E-state index in [4.69, 9.17) is 9.47 Å². The van der Waals surface area contributed by atoms with Crippen molar-refractivity contribution in [2.24, 2.45) is 4.99 Å². The third kappa shape index (κ3) is 7.67. The van der Waals surface area contributed by atoms with Gasteiger partial charge < -0.3 is 25.0 Å². The summed E-state index contributed by atoms with van der Waals surface area (Å²) in [6.07, 6.45) is -4.35. The number of hydrogen-bond acceptors (Lipinski definition) is 4. The third-order valence-corrected chi connectivity index (χ3v) is 4.78. The molecule has 9 heteroatoms. The fourth-order valence-corrected chi connectivity index (χ4v) is 3.11. The molecule has 0 aromatic heterocycles. The smallest absolute Gasteiger partial charge is 0.422 e. The molecule has 2 aromatic rings. The highest BCUT2D eigenvalue weighted by Gasteiger charge is 2.28. The first-order chi connectivity index (χ1) is 14.9. The number of halogens is 3. The standard InChI is InChI=1S/C22H27F3N4O2/c1-26-21(28-15-18-4-8-20(9-5-18)31-16-22(23,24)25)27-14-17-2-6-19(7-3-17)29-10-12-30-13-11-29/h2-9H,10-16H2,1H3,(H2,26,27,28). The fourth-order valence-electron chi connectivity index (χ4n) is 3.11. The van der Waals surface area contributed by atoms with Crippen molar-refractivity contribution >= 4 is 11.6 Å². The lowest BCUT2D eigenvalue weighted by Crippen LogP contribution is -2.36. The van der Waals surface area contributed by atoms with Gasteiger partial charge in [0.25, 0.3) is 0 Å². The number of anilines is 1. The van der Waals surface area contributed by atoms with Crippen molar-refractivity contribution < 1.29 is 22.6 Å². The second-order valence-electron chi connectivity index (χ2n) is 7.09. The summed E-state index contributed by atoms with van der Waals surface area (Å²) < 4.78 is 46.7. The summed E-state index contributed by atoms with van der Waals surface area (Å²) in [5.74, 6) is 0.818. The Morgan fingerprint density at radius 3 is 2.03 bits per heavy atom. The van der Waals surface area contributed by atoms with Gasteiger partial charge in [-0.05, 0) is 35.4 Å². The molecule has 0 spiro atoms. The van der Waals surface area contributed by atoms with Crippen LogP contribution in [-0.4, -0.2) is 52.1 Å². The topological polar surface area (TPSA) is 58.1 Å². The number of benzene rings is 2. The van der Waals surface area contributed by atoms with Crippen LogP contribution >= 0.6 is 0 Å². The van der Waals surface area contributed by atoms with Crippen LogP contribution in [0.15, 0.2) is 53.5 Å². The number of guanidine groups is 1. The number of alkyl halides is 3. The summed E-state index contributed by atoms with van der Waals surface area (Å²) in [4.78, 5) is 6.51. The van der Waals surface area contributed by atoms with E-state index in [0.29, 0.717) is 19.0 Å². The monoisotopic (exact) mass is 436 g/mol. The summed E-state index contributed by atoms with van der Waals surface area (Å²) >= 11 is 0. The first kappa shape index (κ1) is 22.7. The molecule has 0 saturated carbocycles. The number of nitrogens with zero attached hydrogens (tertiary/aromatic N) is 2. The molecule has 1 aliphatic rings. The Labute approximate surface area is 180 Å². The largest absolute Gasteiger partial charge is 0.484 e. The van der Waals surface area contributed by atoms with Crippen molar-refractivity contribution in [2.45, 2.75) is 19.3 Å². The molecule has 1 fully saturated rings. The molecular formula is C22H27F3N4O2. The van der Waals surface area contributed by atoms with Crippen LogP contribution in [0.2, 0.25) is 0 Å². The number of hydrogen-bond donors (Lipinski definition) is 2. The molecule has 3 rings (SSSR count). The molecule has 0 aliphatic carbocycles. The molecule has 168 valence electrons. The van der Waals surface area contributed by atoms with Gasteiger partial charge in [-0.25, -0.2) is 0 Å². The predicted octanol–water partition coefficient (Wildman–Crippen LogP) is 3.33. The van der Waals surface area contributed by atoms with Gasteiger partial charge in [0, 0.05) is 38.9 Å². The molecule has 2 N–H and O–H groups in total. The number of ether oxygens (including phenoxy) is 2. The van der Waals surface area contributed by atoms with Gasteiger partial charge in [0.2, 0.25) is 0 Å². The van der Waals surface area contributed by atoms with Crippen LogP contribution in [0.3, 0.4) is 0 Å². The third-order valence-electron chi connectivity index (χ3n) is 4.78. The SMILES string of the molecule is CN=C(NCc1ccc(OCC(F)(F)F)cc1)NCc1ccc(N2CCOCC2)cc1. The number of nitrogens with one attached hydrogen (secondary N) is 2. The molecule has 1 heterocycles. The molecule has 0 atom stereocenters. The molecule has 31 heavy (non-hydrogen) atoms. The van der Waals surface area contributed by atoms with Crippen LogP contribution in [0.1, 0.15) is 11.1 Å². The summed E-state index contributed by atoms with van der Waals surface area (Å²) in [6, 6.07) is 14.9. The van der Waals surface area contributed by atoms with E-state index < -0.39 is 12.8 Å². The lowest BCUT2D eigenvalue weighted by molar-refractivity contribution is -0.153. The summed E-state index contributed by atoms with van der Waals surface area (Å²) in [7, 11) is 1.69. The molecule has 1 saturated heterocycles. The minimum absolute atomic E-state index is 0.184. The lowest BCUT2D eigenvalue weighted by Gasteiger charge is -2.28. The van der Waals surface area contributed by atoms with Gasteiger partial charge in [-0.3, -0.25) is 4.99 Å². The Morgan fingerprint density at radius 1 is 0.968 bits per heavy atom. The maximum atomic E-state index is 12.2. The zero-order chi connectivity index (χ0) is 22.1. The summed E-state index contributed by atoms with van der Waals surface area (Å²) in [6.45, 7) is 3.13. The highest BCUT2D eigenvalue weighted by Crippen LogP contribution is 2.19. The predicted molar refractivity (Wildman–Crippen MR) is 115 cm³/mol. The zero-order valence-electron chi connectivity index (χ0n) is 17.4. The molecular weight excluding hydrogens is 409 g/mol. The highest BCUT2D eigenvalue weighted by atomic mass is 19.4. The second-order valence-corrected chi connectivity index (χ2v) is 7.09.